The predicted octanol–water partition coefficient (Wildman–Crippen LogP) is 2.56. The maximum atomic E-state index is 15.2. The van der Waals surface area contributed by atoms with Crippen molar-refractivity contribution < 1.29 is 19.1 Å². The third-order valence-electron chi connectivity index (χ3n) is 6.63. The molecule has 6 nitrogen and oxygen atoms in total. The van der Waals surface area contributed by atoms with Crippen molar-refractivity contribution in [3.63, 3.8) is 0 Å². The number of carbonyl (C=O) groups is 2. The van der Waals surface area contributed by atoms with E-state index in [0.717, 1.165) is 24.8 Å². The molecule has 2 fully saturated rings. The average Bonchev–Trinajstić information content (AvgIpc) is 3.43. The maximum absolute atomic E-state index is 15.2. The molecule has 0 spiro atoms. The number of nitrogens with two attached hydrogens (primary N) is 1. The second-order valence-corrected chi connectivity index (χ2v) is 9.17. The fourth-order valence-electron chi connectivity index (χ4n) is 4.73. The monoisotopic (exact) mass is 389 g/mol. The highest BCUT2D eigenvalue weighted by molar-refractivity contribution is 6.14. The Labute approximate surface area is 164 Å². The number of rotatable bonds is 3. The first-order valence-electron chi connectivity index (χ1n) is 9.99. The highest BCUT2D eigenvalue weighted by Gasteiger charge is 2.44. The van der Waals surface area contributed by atoms with Crippen LogP contribution in [-0.2, 0) is 4.79 Å². The van der Waals surface area contributed by atoms with E-state index in [2.05, 4.69) is 13.8 Å². The molecule has 1 aromatic carbocycles. The molecule has 2 aliphatic heterocycles. The van der Waals surface area contributed by atoms with Gasteiger partial charge in [-0.3, -0.25) is 9.59 Å². The number of anilines is 2. The lowest BCUT2D eigenvalue weighted by atomic mass is 9.79. The molecule has 0 radical (unpaired) electrons. The average molecular weight is 389 g/mol. The quantitative estimate of drug-likeness (QED) is 0.773. The van der Waals surface area contributed by atoms with Gasteiger partial charge in [0.2, 0.25) is 0 Å². The number of hydrogen-bond acceptors (Lipinski definition) is 5. The Bertz CT molecular complexity index is 850. The second kappa shape index (κ2) is 6.44. The molecular formula is C21H28FN3O3. The van der Waals surface area contributed by atoms with Crippen molar-refractivity contribution in [2.45, 2.75) is 52.1 Å². The fraction of sp³-hybridized carbons (Fsp3) is 0.619. The molecular weight excluding hydrogens is 361 g/mol. The molecule has 2 unspecified atom stereocenters. The molecule has 7 heteroatoms. The van der Waals surface area contributed by atoms with Crippen LogP contribution in [0.2, 0.25) is 0 Å². The zero-order valence-corrected chi connectivity index (χ0v) is 16.7. The van der Waals surface area contributed by atoms with Gasteiger partial charge in [0.05, 0.1) is 11.4 Å². The van der Waals surface area contributed by atoms with Crippen molar-refractivity contribution in [2.24, 2.45) is 17.1 Å². The summed E-state index contributed by atoms with van der Waals surface area (Å²) in [6, 6.07) is 1.55. The number of hydrogen-bond donors (Lipinski definition) is 2. The van der Waals surface area contributed by atoms with Gasteiger partial charge in [-0.15, -0.1) is 0 Å². The maximum Gasteiger partial charge on any atom is 0.316 e. The number of benzene rings is 1. The molecule has 1 aliphatic carbocycles. The number of carboxylic acids is 1. The van der Waals surface area contributed by atoms with E-state index in [-0.39, 0.29) is 29.6 Å². The standard InChI is InChI=1S/C21H28FN3O3/c1-11-17-13(19(26)14(20(27)28)9-25(17)12-4-5-12)8-15(22)18(11)24-7-6-16(23)21(2,3)10-24/h8,12,14,16H,4-7,9-10,23H2,1-3H3,(H,27,28). The number of carboxylic acid groups (broad SMARTS) is 1. The zero-order valence-electron chi connectivity index (χ0n) is 16.7. The predicted molar refractivity (Wildman–Crippen MR) is 106 cm³/mol. The van der Waals surface area contributed by atoms with Crippen LogP contribution >= 0.6 is 0 Å². The first-order chi connectivity index (χ1) is 13.1. The van der Waals surface area contributed by atoms with Crippen LogP contribution in [0.25, 0.3) is 0 Å². The SMILES string of the molecule is Cc1c(N2CCC(N)C(C)(C)C2)c(F)cc2c1N(C1CC1)CC(C(=O)O)C2=O. The van der Waals surface area contributed by atoms with E-state index in [4.69, 9.17) is 5.73 Å². The molecule has 152 valence electrons. The first kappa shape index (κ1) is 19.2. The van der Waals surface area contributed by atoms with Crippen molar-refractivity contribution in [3.8, 4) is 0 Å². The van der Waals surface area contributed by atoms with E-state index in [1.807, 2.05) is 16.7 Å². The highest BCUT2D eigenvalue weighted by Crippen LogP contribution is 2.45. The van der Waals surface area contributed by atoms with Crippen molar-refractivity contribution >= 4 is 23.1 Å². The van der Waals surface area contributed by atoms with Gasteiger partial charge in [0.15, 0.2) is 5.78 Å². The Kier molecular flexibility index (Phi) is 4.41. The molecule has 1 aromatic rings. The van der Waals surface area contributed by atoms with Gasteiger partial charge in [0.25, 0.3) is 0 Å². The minimum absolute atomic E-state index is 0.0607. The van der Waals surface area contributed by atoms with Gasteiger partial charge in [-0.2, -0.15) is 0 Å². The molecule has 0 amide bonds. The van der Waals surface area contributed by atoms with Crippen molar-refractivity contribution in [1.29, 1.82) is 0 Å². The Morgan fingerprint density at radius 1 is 1.29 bits per heavy atom. The minimum atomic E-state index is -1.14. The van der Waals surface area contributed by atoms with Gasteiger partial charge in [-0.05, 0) is 43.2 Å². The summed E-state index contributed by atoms with van der Waals surface area (Å²) in [4.78, 5) is 28.4. The largest absolute Gasteiger partial charge is 0.481 e. The van der Waals surface area contributed by atoms with Gasteiger partial charge in [0.1, 0.15) is 11.7 Å². The summed E-state index contributed by atoms with van der Waals surface area (Å²) in [6.45, 7) is 7.49. The molecule has 1 saturated heterocycles. The molecule has 2 heterocycles. The number of Topliss-reactive ketones (excluding diaryl/α,β-unsaturated/α-hetero) is 1. The molecule has 0 aromatic heterocycles. The van der Waals surface area contributed by atoms with Crippen LogP contribution in [0.3, 0.4) is 0 Å². The summed E-state index contributed by atoms with van der Waals surface area (Å²) in [6.07, 6.45) is 2.71. The van der Waals surface area contributed by atoms with Gasteiger partial charge in [-0.25, -0.2) is 4.39 Å². The molecule has 28 heavy (non-hydrogen) atoms. The number of nitrogens with zero attached hydrogens (tertiary/aromatic N) is 2. The summed E-state index contributed by atoms with van der Waals surface area (Å²) in [5.74, 6) is -3.23. The van der Waals surface area contributed by atoms with E-state index in [1.165, 1.54) is 6.07 Å². The fourth-order valence-corrected chi connectivity index (χ4v) is 4.73. The van der Waals surface area contributed by atoms with E-state index < -0.39 is 23.5 Å². The van der Waals surface area contributed by atoms with Crippen molar-refractivity contribution in [2.75, 3.05) is 29.4 Å². The summed E-state index contributed by atoms with van der Waals surface area (Å²) in [5, 5.41) is 9.47. The molecule has 1 saturated carbocycles. The third-order valence-corrected chi connectivity index (χ3v) is 6.63. The smallest absolute Gasteiger partial charge is 0.316 e. The zero-order chi connectivity index (χ0) is 20.4. The summed E-state index contributed by atoms with van der Waals surface area (Å²) < 4.78 is 15.2. The number of fused-ring (bicyclic) bond motifs is 1. The van der Waals surface area contributed by atoms with Gasteiger partial charge in [-0.1, -0.05) is 13.8 Å². The van der Waals surface area contributed by atoms with Crippen LogP contribution < -0.4 is 15.5 Å². The third kappa shape index (κ3) is 2.96. The van der Waals surface area contributed by atoms with Gasteiger partial charge in [0, 0.05) is 37.3 Å². The topological polar surface area (TPSA) is 86.9 Å². The number of carbonyl (C=O) groups excluding carboxylic acids is 1. The Morgan fingerprint density at radius 2 is 1.96 bits per heavy atom. The van der Waals surface area contributed by atoms with Crippen LogP contribution in [0, 0.1) is 24.1 Å². The van der Waals surface area contributed by atoms with Crippen LogP contribution in [0.5, 0.6) is 0 Å². The molecule has 3 aliphatic rings. The van der Waals surface area contributed by atoms with Crippen LogP contribution in [0.1, 0.15) is 49.0 Å². The lowest BCUT2D eigenvalue weighted by Crippen LogP contribution is -2.53. The molecule has 2 atom stereocenters. The second-order valence-electron chi connectivity index (χ2n) is 9.17. The molecule has 3 N–H and O–H groups in total. The number of piperidine rings is 1. The van der Waals surface area contributed by atoms with E-state index in [9.17, 15) is 14.7 Å². The van der Waals surface area contributed by atoms with Gasteiger partial charge < -0.3 is 20.6 Å². The van der Waals surface area contributed by atoms with E-state index >= 15 is 4.39 Å². The van der Waals surface area contributed by atoms with E-state index in [0.29, 0.717) is 24.5 Å². The number of ketones is 1. The number of aliphatic carboxylic acids is 1. The van der Waals surface area contributed by atoms with Crippen LogP contribution in [0.4, 0.5) is 15.8 Å². The summed E-state index contributed by atoms with van der Waals surface area (Å²) >= 11 is 0. The Morgan fingerprint density at radius 3 is 2.54 bits per heavy atom. The number of halogens is 1. The Hall–Kier alpha value is -2.15. The normalized spacial score (nSPS) is 27.0. The molecule has 4 rings (SSSR count). The van der Waals surface area contributed by atoms with Crippen molar-refractivity contribution in [1.82, 2.24) is 0 Å². The minimum Gasteiger partial charge on any atom is -0.481 e. The lowest BCUT2D eigenvalue weighted by molar-refractivity contribution is -0.139. The highest BCUT2D eigenvalue weighted by atomic mass is 19.1. The lowest BCUT2D eigenvalue weighted by Gasteiger charge is -2.45. The molecule has 0 bridgehead atoms. The summed E-state index contributed by atoms with van der Waals surface area (Å²) in [5.41, 5.74) is 8.27. The van der Waals surface area contributed by atoms with Crippen LogP contribution in [0.15, 0.2) is 6.07 Å². The summed E-state index contributed by atoms with van der Waals surface area (Å²) in [7, 11) is 0. The first-order valence-corrected chi connectivity index (χ1v) is 9.99. The van der Waals surface area contributed by atoms with Gasteiger partial charge >= 0.3 is 5.97 Å². The van der Waals surface area contributed by atoms with Crippen LogP contribution in [-0.4, -0.2) is 48.6 Å². The van der Waals surface area contributed by atoms with E-state index in [1.54, 1.807) is 0 Å². The van der Waals surface area contributed by atoms with Crippen molar-refractivity contribution in [3.05, 3.63) is 23.0 Å². The Balaban J connectivity index is 1.81.